The van der Waals surface area contributed by atoms with Crippen LogP contribution >= 0.6 is 11.3 Å². The Morgan fingerprint density at radius 1 is 0.939 bits per heavy atom. The molecule has 33 heavy (non-hydrogen) atoms. The van der Waals surface area contributed by atoms with E-state index in [0.717, 1.165) is 38.8 Å². The first-order valence-electron chi connectivity index (χ1n) is 10.3. The maximum atomic E-state index is 13.1. The molecule has 0 atom stereocenters. The van der Waals surface area contributed by atoms with Gasteiger partial charge in [0.2, 0.25) is 0 Å². The van der Waals surface area contributed by atoms with Crippen molar-refractivity contribution in [2.45, 2.75) is 6.92 Å². The van der Waals surface area contributed by atoms with Crippen molar-refractivity contribution in [3.63, 3.8) is 0 Å². The fraction of sp³-hybridized carbons (Fsp3) is 0.115. The van der Waals surface area contributed by atoms with Gasteiger partial charge in [0, 0.05) is 11.1 Å². The highest BCUT2D eigenvalue weighted by atomic mass is 32.1. The van der Waals surface area contributed by atoms with Crippen LogP contribution in [0.1, 0.15) is 20.8 Å². The number of carbonyl (C=O) groups is 1. The molecule has 0 saturated carbocycles. The van der Waals surface area contributed by atoms with Crippen LogP contribution in [-0.4, -0.2) is 31.3 Å². The lowest BCUT2D eigenvalue weighted by atomic mass is 10.1. The van der Waals surface area contributed by atoms with Crippen molar-refractivity contribution in [2.75, 3.05) is 14.2 Å². The molecule has 0 fully saturated rings. The van der Waals surface area contributed by atoms with Gasteiger partial charge >= 0.3 is 0 Å². The molecule has 4 aromatic rings. The van der Waals surface area contributed by atoms with Crippen LogP contribution < -0.4 is 14.9 Å². The van der Waals surface area contributed by atoms with Gasteiger partial charge in [0.05, 0.1) is 26.1 Å². The number of hydrazone groups is 1. The molecular weight excluding hydrogens is 434 g/mol. The van der Waals surface area contributed by atoms with Gasteiger partial charge in [0.1, 0.15) is 21.4 Å². The minimum Gasteiger partial charge on any atom is -0.497 e. The molecule has 0 aliphatic heterocycles. The third kappa shape index (κ3) is 5.10. The minimum atomic E-state index is -0.317. The third-order valence-corrected chi connectivity index (χ3v) is 6.16. The van der Waals surface area contributed by atoms with Crippen molar-refractivity contribution < 1.29 is 14.3 Å². The molecular formula is C26H23N3O3S. The molecule has 0 saturated heterocycles. The molecule has 7 heteroatoms. The molecule has 1 amide bonds. The Bertz CT molecular complexity index is 1280. The standard InChI is InChI=1S/C26H23N3O3S/c1-17-6-4-5-7-22(17)26-28-23(19-10-14-21(32-3)15-11-19)24(33-26)25(30)29-27-16-18-8-12-20(31-2)13-9-18/h4-16H,1-3H3,(H,29,30)/b27-16+. The number of thiazole rings is 1. The zero-order chi connectivity index (χ0) is 23.2. The van der Waals surface area contributed by atoms with Crippen LogP contribution in [0.4, 0.5) is 0 Å². The van der Waals surface area contributed by atoms with Gasteiger partial charge in [-0.15, -0.1) is 11.3 Å². The van der Waals surface area contributed by atoms with Gasteiger partial charge in [-0.3, -0.25) is 4.79 Å². The summed E-state index contributed by atoms with van der Waals surface area (Å²) in [6, 6.07) is 22.9. The Kier molecular flexibility index (Phi) is 6.80. The highest BCUT2D eigenvalue weighted by Crippen LogP contribution is 2.35. The van der Waals surface area contributed by atoms with E-state index in [1.165, 1.54) is 11.3 Å². The van der Waals surface area contributed by atoms with E-state index in [9.17, 15) is 4.79 Å². The molecule has 3 aromatic carbocycles. The maximum Gasteiger partial charge on any atom is 0.283 e. The van der Waals surface area contributed by atoms with Gasteiger partial charge in [-0.25, -0.2) is 10.4 Å². The summed E-state index contributed by atoms with van der Waals surface area (Å²) < 4.78 is 10.4. The van der Waals surface area contributed by atoms with Crippen molar-refractivity contribution >= 4 is 23.5 Å². The van der Waals surface area contributed by atoms with Gasteiger partial charge in [-0.1, -0.05) is 24.3 Å². The van der Waals surface area contributed by atoms with Crippen LogP contribution in [0.3, 0.4) is 0 Å². The Labute approximate surface area is 196 Å². The van der Waals surface area contributed by atoms with Gasteiger partial charge in [0.15, 0.2) is 0 Å². The zero-order valence-electron chi connectivity index (χ0n) is 18.5. The number of benzene rings is 3. The average molecular weight is 458 g/mol. The smallest absolute Gasteiger partial charge is 0.283 e. The van der Waals surface area contributed by atoms with Gasteiger partial charge in [0.25, 0.3) is 5.91 Å². The van der Waals surface area contributed by atoms with Crippen LogP contribution in [0, 0.1) is 6.92 Å². The lowest BCUT2D eigenvalue weighted by molar-refractivity contribution is 0.0959. The van der Waals surface area contributed by atoms with Crippen molar-refractivity contribution in [3.8, 4) is 33.3 Å². The third-order valence-electron chi connectivity index (χ3n) is 5.07. The number of methoxy groups -OCH3 is 2. The van der Waals surface area contributed by atoms with Crippen molar-refractivity contribution in [2.24, 2.45) is 5.10 Å². The van der Waals surface area contributed by atoms with E-state index in [0.29, 0.717) is 10.6 Å². The normalized spacial score (nSPS) is 10.9. The predicted octanol–water partition coefficient (Wildman–Crippen LogP) is 5.57. The molecule has 6 nitrogen and oxygen atoms in total. The highest BCUT2D eigenvalue weighted by Gasteiger charge is 2.21. The summed E-state index contributed by atoms with van der Waals surface area (Å²) in [5.41, 5.74) is 7.01. The number of hydrogen-bond acceptors (Lipinski definition) is 6. The number of ether oxygens (including phenoxy) is 2. The summed E-state index contributed by atoms with van der Waals surface area (Å²) in [5, 5.41) is 4.91. The molecule has 0 aliphatic carbocycles. The van der Waals surface area contributed by atoms with Crippen LogP contribution in [0.25, 0.3) is 21.8 Å². The summed E-state index contributed by atoms with van der Waals surface area (Å²) in [5.74, 6) is 1.18. The number of nitrogens with one attached hydrogen (secondary N) is 1. The summed E-state index contributed by atoms with van der Waals surface area (Å²) in [6.45, 7) is 2.03. The van der Waals surface area contributed by atoms with Gasteiger partial charge in [-0.05, 0) is 66.6 Å². The van der Waals surface area contributed by atoms with E-state index in [-0.39, 0.29) is 5.91 Å². The molecule has 0 radical (unpaired) electrons. The van der Waals surface area contributed by atoms with Crippen LogP contribution in [0.2, 0.25) is 0 Å². The van der Waals surface area contributed by atoms with E-state index >= 15 is 0 Å². The SMILES string of the molecule is COc1ccc(/C=N/NC(=O)c2sc(-c3ccccc3C)nc2-c2ccc(OC)cc2)cc1. The molecule has 166 valence electrons. The first-order chi connectivity index (χ1) is 16.1. The van der Waals surface area contributed by atoms with Gasteiger partial charge < -0.3 is 9.47 Å². The Morgan fingerprint density at radius 2 is 1.58 bits per heavy atom. The number of nitrogens with zero attached hydrogens (tertiary/aromatic N) is 2. The van der Waals surface area contributed by atoms with E-state index in [2.05, 4.69) is 10.5 Å². The first kappa shape index (κ1) is 22.2. The van der Waals surface area contributed by atoms with Crippen molar-refractivity contribution in [1.82, 2.24) is 10.4 Å². The van der Waals surface area contributed by atoms with Crippen LogP contribution in [-0.2, 0) is 0 Å². The quantitative estimate of drug-likeness (QED) is 0.291. The second-order valence-corrected chi connectivity index (χ2v) is 8.21. The number of amides is 1. The topological polar surface area (TPSA) is 72.8 Å². The number of hydrogen-bond donors (Lipinski definition) is 1. The Hall–Kier alpha value is -3.97. The van der Waals surface area contributed by atoms with E-state index in [1.54, 1.807) is 20.4 Å². The number of aryl methyl sites for hydroxylation is 1. The second kappa shape index (κ2) is 10.1. The predicted molar refractivity (Wildman–Crippen MR) is 132 cm³/mol. The lowest BCUT2D eigenvalue weighted by Crippen LogP contribution is -2.17. The van der Waals surface area contributed by atoms with Crippen molar-refractivity contribution in [3.05, 3.63) is 88.8 Å². The molecule has 0 aliphatic rings. The van der Waals surface area contributed by atoms with E-state index in [1.807, 2.05) is 79.7 Å². The average Bonchev–Trinajstić information content (AvgIpc) is 3.30. The first-order valence-corrected chi connectivity index (χ1v) is 11.1. The van der Waals surface area contributed by atoms with Crippen molar-refractivity contribution in [1.29, 1.82) is 0 Å². The largest absolute Gasteiger partial charge is 0.497 e. The molecule has 1 N–H and O–H groups in total. The number of rotatable bonds is 7. The summed E-state index contributed by atoms with van der Waals surface area (Å²) in [6.07, 6.45) is 1.59. The fourth-order valence-electron chi connectivity index (χ4n) is 3.25. The molecule has 0 unspecified atom stereocenters. The van der Waals surface area contributed by atoms with Crippen LogP contribution in [0.5, 0.6) is 11.5 Å². The molecule has 0 bridgehead atoms. The molecule has 1 heterocycles. The molecule has 1 aromatic heterocycles. The second-order valence-electron chi connectivity index (χ2n) is 7.21. The minimum absolute atomic E-state index is 0.317. The molecule has 4 rings (SSSR count). The highest BCUT2D eigenvalue weighted by molar-refractivity contribution is 7.17. The van der Waals surface area contributed by atoms with E-state index in [4.69, 9.17) is 14.5 Å². The lowest BCUT2D eigenvalue weighted by Gasteiger charge is -2.04. The van der Waals surface area contributed by atoms with Gasteiger partial charge in [-0.2, -0.15) is 5.10 Å². The van der Waals surface area contributed by atoms with E-state index < -0.39 is 0 Å². The summed E-state index contributed by atoms with van der Waals surface area (Å²) in [4.78, 5) is 18.4. The van der Waals surface area contributed by atoms with Crippen LogP contribution in [0.15, 0.2) is 77.9 Å². The monoisotopic (exact) mass is 457 g/mol. The maximum absolute atomic E-state index is 13.1. The Morgan fingerprint density at radius 3 is 2.21 bits per heavy atom. The number of carbonyl (C=O) groups excluding carboxylic acids is 1. The molecule has 0 spiro atoms. The Balaban J connectivity index is 1.65. The zero-order valence-corrected chi connectivity index (χ0v) is 19.3. The number of aromatic nitrogens is 1. The summed E-state index contributed by atoms with van der Waals surface area (Å²) >= 11 is 1.35. The summed E-state index contributed by atoms with van der Waals surface area (Å²) in [7, 11) is 3.23. The fourth-order valence-corrected chi connectivity index (χ4v) is 4.32.